The van der Waals surface area contributed by atoms with E-state index in [1.54, 1.807) is 30.5 Å². The molecule has 2 aromatic carbocycles. The Balaban J connectivity index is 2.40. The summed E-state index contributed by atoms with van der Waals surface area (Å²) in [5, 5.41) is 13.0. The summed E-state index contributed by atoms with van der Waals surface area (Å²) in [4.78, 5) is 12.6. The Kier molecular flexibility index (Phi) is 5.80. The molecule has 0 spiro atoms. The number of anilines is 1. The molecule has 116 valence electrons. The summed E-state index contributed by atoms with van der Waals surface area (Å²) < 4.78 is 13.0. The molecule has 0 bridgehead atoms. The van der Waals surface area contributed by atoms with Gasteiger partial charge in [0, 0.05) is 11.3 Å². The molecule has 0 aromatic heterocycles. The number of hydrogen-bond donors (Lipinski definition) is 1. The van der Waals surface area contributed by atoms with Gasteiger partial charge in [-0.05, 0) is 42.7 Å². The Morgan fingerprint density at radius 1 is 1.22 bits per heavy atom. The molecule has 0 fully saturated rings. The molecular formula is C17H12ClFN2OS. The van der Waals surface area contributed by atoms with E-state index in [-0.39, 0.29) is 22.0 Å². The molecule has 0 aliphatic rings. The number of benzene rings is 2. The fraction of sp³-hybridized carbons (Fsp3) is 0.0588. The monoisotopic (exact) mass is 346 g/mol. The highest BCUT2D eigenvalue weighted by Gasteiger charge is 2.19. The van der Waals surface area contributed by atoms with Gasteiger partial charge < -0.3 is 5.32 Å². The van der Waals surface area contributed by atoms with E-state index in [0.29, 0.717) is 10.7 Å². The summed E-state index contributed by atoms with van der Waals surface area (Å²) in [7, 11) is 0. The Bertz CT molecular complexity index is 797. The molecule has 0 heterocycles. The second kappa shape index (κ2) is 7.82. The number of ketones is 1. The van der Waals surface area contributed by atoms with Gasteiger partial charge in [-0.1, -0.05) is 23.7 Å². The molecule has 0 saturated carbocycles. The summed E-state index contributed by atoms with van der Waals surface area (Å²) >= 11 is 7.24. The van der Waals surface area contributed by atoms with Crippen LogP contribution in [0.2, 0.25) is 5.02 Å². The number of nitrogens with one attached hydrogen (secondary N) is 1. The minimum absolute atomic E-state index is 0.0464. The second-order valence-electron chi connectivity index (χ2n) is 4.46. The van der Waals surface area contributed by atoms with Crippen LogP contribution in [0.3, 0.4) is 0 Å². The van der Waals surface area contributed by atoms with Gasteiger partial charge in [-0.2, -0.15) is 5.26 Å². The number of rotatable bonds is 5. The first-order valence-corrected chi connectivity index (χ1v) is 8.17. The predicted octanol–water partition coefficient (Wildman–Crippen LogP) is 4.87. The van der Waals surface area contributed by atoms with Gasteiger partial charge in [0.1, 0.15) is 17.5 Å². The standard InChI is InChI=1S/C17H12ClFN2OS/c1-23-17(21-12-8-6-11(19)7-9-12)14(10-20)16(22)13-4-2-3-5-15(13)18/h2-9,21H,1H3/b17-14+. The number of halogens is 2. The molecular weight excluding hydrogens is 335 g/mol. The van der Waals surface area contributed by atoms with E-state index in [0.717, 1.165) is 0 Å². The lowest BCUT2D eigenvalue weighted by molar-refractivity contribution is 0.103. The summed E-state index contributed by atoms with van der Waals surface area (Å²) in [6, 6.07) is 14.1. The minimum atomic E-state index is -0.461. The predicted molar refractivity (Wildman–Crippen MR) is 92.0 cm³/mol. The molecule has 2 aromatic rings. The zero-order chi connectivity index (χ0) is 16.8. The molecule has 2 rings (SSSR count). The zero-order valence-corrected chi connectivity index (χ0v) is 13.7. The number of Topliss-reactive ketones (excluding diaryl/α,β-unsaturated/α-hetero) is 1. The van der Waals surface area contributed by atoms with Crippen LogP contribution in [-0.2, 0) is 0 Å². The Morgan fingerprint density at radius 2 is 1.87 bits per heavy atom. The largest absolute Gasteiger partial charge is 0.349 e. The van der Waals surface area contributed by atoms with Gasteiger partial charge in [0.05, 0.1) is 10.1 Å². The number of carbonyl (C=O) groups excluding carboxylic acids is 1. The molecule has 23 heavy (non-hydrogen) atoms. The van der Waals surface area contributed by atoms with Crippen molar-refractivity contribution in [2.45, 2.75) is 0 Å². The quantitative estimate of drug-likeness (QED) is 0.476. The Hall–Kier alpha value is -2.29. The van der Waals surface area contributed by atoms with Gasteiger partial charge >= 0.3 is 0 Å². The molecule has 1 N–H and O–H groups in total. The number of carbonyl (C=O) groups is 1. The average Bonchev–Trinajstić information content (AvgIpc) is 2.56. The number of hydrogen-bond acceptors (Lipinski definition) is 4. The van der Waals surface area contributed by atoms with Crippen LogP contribution in [0.15, 0.2) is 59.1 Å². The lowest BCUT2D eigenvalue weighted by Crippen LogP contribution is -2.09. The number of nitrogens with zero attached hydrogens (tertiary/aromatic N) is 1. The Morgan fingerprint density at radius 3 is 2.43 bits per heavy atom. The van der Waals surface area contributed by atoms with Gasteiger partial charge in [-0.3, -0.25) is 4.79 Å². The molecule has 0 atom stereocenters. The zero-order valence-electron chi connectivity index (χ0n) is 12.1. The van der Waals surface area contributed by atoms with Crippen LogP contribution >= 0.6 is 23.4 Å². The minimum Gasteiger partial charge on any atom is -0.349 e. The third kappa shape index (κ3) is 4.13. The average molecular weight is 347 g/mol. The molecule has 0 saturated heterocycles. The maximum atomic E-state index is 13.0. The van der Waals surface area contributed by atoms with Gasteiger partial charge in [-0.15, -0.1) is 11.8 Å². The van der Waals surface area contributed by atoms with Gasteiger partial charge in [0.2, 0.25) is 5.78 Å². The van der Waals surface area contributed by atoms with Crippen LogP contribution in [-0.4, -0.2) is 12.0 Å². The highest BCUT2D eigenvalue weighted by Crippen LogP contribution is 2.25. The van der Waals surface area contributed by atoms with Crippen molar-refractivity contribution >= 4 is 34.8 Å². The fourth-order valence-corrected chi connectivity index (χ4v) is 2.65. The summed E-state index contributed by atoms with van der Waals surface area (Å²) in [5.41, 5.74) is 0.795. The summed E-state index contributed by atoms with van der Waals surface area (Å²) in [5.74, 6) is -0.824. The lowest BCUT2D eigenvalue weighted by Gasteiger charge is -2.11. The van der Waals surface area contributed by atoms with Crippen LogP contribution in [0.1, 0.15) is 10.4 Å². The normalized spacial score (nSPS) is 11.4. The Labute approximate surface area is 142 Å². The third-order valence-corrected chi connectivity index (χ3v) is 4.03. The van der Waals surface area contributed by atoms with Crippen molar-refractivity contribution in [1.29, 1.82) is 5.26 Å². The van der Waals surface area contributed by atoms with Crippen molar-refractivity contribution < 1.29 is 9.18 Å². The van der Waals surface area contributed by atoms with Crippen molar-refractivity contribution in [2.24, 2.45) is 0 Å². The fourth-order valence-electron chi connectivity index (χ4n) is 1.86. The first kappa shape index (κ1) is 17.1. The molecule has 0 amide bonds. The van der Waals surface area contributed by atoms with Gasteiger partial charge in [0.25, 0.3) is 0 Å². The number of allylic oxidation sites excluding steroid dienone is 1. The molecule has 6 heteroatoms. The van der Waals surface area contributed by atoms with E-state index in [1.807, 2.05) is 6.07 Å². The number of nitriles is 1. The van der Waals surface area contributed by atoms with E-state index in [4.69, 9.17) is 11.6 Å². The third-order valence-electron chi connectivity index (χ3n) is 2.99. The van der Waals surface area contributed by atoms with Crippen LogP contribution in [0.25, 0.3) is 0 Å². The highest BCUT2D eigenvalue weighted by molar-refractivity contribution is 8.02. The van der Waals surface area contributed by atoms with E-state index in [1.165, 1.54) is 36.0 Å². The highest BCUT2D eigenvalue weighted by atomic mass is 35.5. The molecule has 0 aliphatic heterocycles. The van der Waals surface area contributed by atoms with Gasteiger partial charge in [-0.25, -0.2) is 4.39 Å². The second-order valence-corrected chi connectivity index (χ2v) is 5.68. The van der Waals surface area contributed by atoms with Crippen LogP contribution in [0.4, 0.5) is 10.1 Å². The molecule has 0 radical (unpaired) electrons. The van der Waals surface area contributed by atoms with Gasteiger partial charge in [0.15, 0.2) is 0 Å². The van der Waals surface area contributed by atoms with Crippen molar-refractivity contribution in [1.82, 2.24) is 0 Å². The van der Waals surface area contributed by atoms with E-state index >= 15 is 0 Å². The molecule has 0 aliphatic carbocycles. The molecule has 3 nitrogen and oxygen atoms in total. The summed E-state index contributed by atoms with van der Waals surface area (Å²) in [6.07, 6.45) is 1.74. The van der Waals surface area contributed by atoms with Crippen molar-refractivity contribution in [2.75, 3.05) is 11.6 Å². The summed E-state index contributed by atoms with van der Waals surface area (Å²) in [6.45, 7) is 0. The smallest absolute Gasteiger partial charge is 0.207 e. The van der Waals surface area contributed by atoms with Crippen molar-refractivity contribution in [3.8, 4) is 6.07 Å². The van der Waals surface area contributed by atoms with E-state index in [9.17, 15) is 14.4 Å². The van der Waals surface area contributed by atoms with Crippen molar-refractivity contribution in [3.05, 3.63) is 75.5 Å². The SMILES string of the molecule is CS/C(Nc1ccc(F)cc1)=C(\C#N)C(=O)c1ccccc1Cl. The van der Waals surface area contributed by atoms with Crippen molar-refractivity contribution in [3.63, 3.8) is 0 Å². The van der Waals surface area contributed by atoms with E-state index in [2.05, 4.69) is 5.32 Å². The maximum Gasteiger partial charge on any atom is 0.207 e. The lowest BCUT2D eigenvalue weighted by atomic mass is 10.1. The van der Waals surface area contributed by atoms with Crippen LogP contribution < -0.4 is 5.32 Å². The number of thioether (sulfide) groups is 1. The first-order chi connectivity index (χ1) is 11.1. The van der Waals surface area contributed by atoms with Crippen LogP contribution in [0.5, 0.6) is 0 Å². The molecule has 0 unspecified atom stereocenters. The van der Waals surface area contributed by atoms with E-state index < -0.39 is 5.78 Å². The first-order valence-electron chi connectivity index (χ1n) is 6.57. The topological polar surface area (TPSA) is 52.9 Å². The van der Waals surface area contributed by atoms with Crippen LogP contribution in [0, 0.1) is 17.1 Å². The maximum absolute atomic E-state index is 13.0.